The predicted octanol–water partition coefficient (Wildman–Crippen LogP) is 25.6. The van der Waals surface area contributed by atoms with E-state index in [4.69, 9.17) is 37.0 Å². The van der Waals surface area contributed by atoms with Gasteiger partial charge in [-0.1, -0.05) is 389 Å². The van der Waals surface area contributed by atoms with Gasteiger partial charge in [-0.05, 0) is 49.4 Å². The summed E-state index contributed by atoms with van der Waals surface area (Å²) in [4.78, 5) is 73.1. The zero-order valence-corrected chi connectivity index (χ0v) is 70.5. The van der Waals surface area contributed by atoms with Crippen molar-refractivity contribution in [1.29, 1.82) is 0 Å². The van der Waals surface area contributed by atoms with Crippen LogP contribution in [0.5, 0.6) is 0 Å². The molecule has 0 rings (SSSR count). The second kappa shape index (κ2) is 73.8. The van der Waals surface area contributed by atoms with E-state index in [0.717, 1.165) is 114 Å². The molecule has 3 unspecified atom stereocenters. The number of carbonyl (C=O) groups excluding carboxylic acids is 4. The zero-order chi connectivity index (χ0) is 76.7. The van der Waals surface area contributed by atoms with E-state index in [1.807, 2.05) is 0 Å². The van der Waals surface area contributed by atoms with Crippen LogP contribution in [-0.2, 0) is 65.4 Å². The van der Waals surface area contributed by atoms with Crippen LogP contribution in [0.4, 0.5) is 0 Å². The number of aliphatic hydroxyl groups is 1. The van der Waals surface area contributed by atoms with Crippen molar-refractivity contribution < 1.29 is 80.2 Å². The first-order valence-electron chi connectivity index (χ1n) is 43.7. The number of esters is 4. The number of ether oxygens (including phenoxy) is 4. The summed E-state index contributed by atoms with van der Waals surface area (Å²) in [6.07, 6.45) is 62.6. The molecule has 0 aromatic carbocycles. The molecule has 6 atom stereocenters. The largest absolute Gasteiger partial charge is 0.472 e. The number of unbranched alkanes of at least 4 members (excludes halogenated alkanes) is 47. The fourth-order valence-corrected chi connectivity index (χ4v) is 14.7. The zero-order valence-electron chi connectivity index (χ0n) is 68.7. The Morgan fingerprint density at radius 3 is 0.683 bits per heavy atom. The van der Waals surface area contributed by atoms with E-state index in [-0.39, 0.29) is 25.7 Å². The van der Waals surface area contributed by atoms with Crippen molar-refractivity contribution in [1.82, 2.24) is 0 Å². The van der Waals surface area contributed by atoms with E-state index < -0.39 is 97.5 Å². The Hall–Kier alpha value is -1.94. The molecule has 0 aromatic heterocycles. The summed E-state index contributed by atoms with van der Waals surface area (Å²) in [6.45, 7) is 14.3. The first kappa shape index (κ1) is 102. The lowest BCUT2D eigenvalue weighted by Crippen LogP contribution is -2.30. The first-order valence-corrected chi connectivity index (χ1v) is 46.7. The van der Waals surface area contributed by atoms with Gasteiger partial charge in [-0.25, -0.2) is 9.13 Å². The molecule has 0 saturated heterocycles. The Morgan fingerprint density at radius 1 is 0.269 bits per heavy atom. The van der Waals surface area contributed by atoms with E-state index in [2.05, 4.69) is 55.4 Å². The van der Waals surface area contributed by atoms with E-state index in [0.29, 0.717) is 31.6 Å². The van der Waals surface area contributed by atoms with Crippen LogP contribution in [0.1, 0.15) is 441 Å². The van der Waals surface area contributed by atoms with Crippen molar-refractivity contribution in [3.05, 3.63) is 0 Å². The third kappa shape index (κ3) is 76.8. The molecule has 19 heteroatoms. The van der Waals surface area contributed by atoms with Crippen LogP contribution in [-0.4, -0.2) is 96.7 Å². The van der Waals surface area contributed by atoms with E-state index >= 15 is 0 Å². The highest BCUT2D eigenvalue weighted by Gasteiger charge is 2.30. The molecule has 0 heterocycles. The summed E-state index contributed by atoms with van der Waals surface area (Å²) < 4.78 is 68.8. The molecule has 3 N–H and O–H groups in total. The van der Waals surface area contributed by atoms with Gasteiger partial charge >= 0.3 is 39.5 Å². The molecule has 0 fully saturated rings. The average Bonchev–Trinajstić information content (AvgIpc) is 0.904. The fourth-order valence-electron chi connectivity index (χ4n) is 13.1. The number of phosphoric ester groups is 2. The number of hydrogen-bond acceptors (Lipinski definition) is 15. The smallest absolute Gasteiger partial charge is 0.462 e. The predicted molar refractivity (Wildman–Crippen MR) is 428 cm³/mol. The second-order valence-electron chi connectivity index (χ2n) is 32.2. The molecule has 618 valence electrons. The quantitative estimate of drug-likeness (QED) is 0.0222. The van der Waals surface area contributed by atoms with Gasteiger partial charge < -0.3 is 33.8 Å². The highest BCUT2D eigenvalue weighted by molar-refractivity contribution is 7.47. The van der Waals surface area contributed by atoms with Gasteiger partial charge in [0.15, 0.2) is 12.2 Å². The summed E-state index contributed by atoms with van der Waals surface area (Å²) >= 11 is 0. The maximum Gasteiger partial charge on any atom is 0.472 e. The Balaban J connectivity index is 5.21. The van der Waals surface area contributed by atoms with Gasteiger partial charge in [0, 0.05) is 25.7 Å². The maximum atomic E-state index is 13.1. The summed E-state index contributed by atoms with van der Waals surface area (Å²) in [7, 11) is -9.93. The summed E-state index contributed by atoms with van der Waals surface area (Å²) in [5.41, 5.74) is 0. The van der Waals surface area contributed by atoms with Crippen LogP contribution >= 0.6 is 15.6 Å². The van der Waals surface area contributed by atoms with Gasteiger partial charge in [0.1, 0.15) is 19.3 Å². The van der Waals surface area contributed by atoms with E-state index in [1.165, 1.54) is 238 Å². The first-order chi connectivity index (χ1) is 50.1. The van der Waals surface area contributed by atoms with Crippen molar-refractivity contribution in [2.75, 3.05) is 39.6 Å². The summed E-state index contributed by atoms with van der Waals surface area (Å²) in [5.74, 6) is 1.03. The van der Waals surface area contributed by atoms with Crippen molar-refractivity contribution in [2.45, 2.75) is 459 Å². The highest BCUT2D eigenvalue weighted by Crippen LogP contribution is 2.45. The van der Waals surface area contributed by atoms with Crippen molar-refractivity contribution in [3.63, 3.8) is 0 Å². The minimum absolute atomic E-state index is 0.106. The van der Waals surface area contributed by atoms with Gasteiger partial charge in [-0.2, -0.15) is 0 Å². The standard InChI is InChI=1S/C85H166O17P2/c1-9-78(8)64-56-48-39-33-27-21-16-17-23-30-36-42-52-60-68-85(90)102-81(72-96-83(88)66-58-50-44-43-47-55-63-77(6)7)74-100-104(93,94)98-70-79(86)69-97-103(91,92)99-73-80(71-95-82(87)65-57-49-40-34-28-24-18-20-26-32-38-46-54-62-76(4)5)101-84(89)67-59-51-41-35-29-22-15-13-11-10-12-14-19-25-31-37-45-53-61-75(2)3/h75-81,86H,9-74H2,1-8H3,(H,91,92)(H,93,94)/t78?,79-,80-,81-/m1/s1. The molecule has 0 aromatic rings. The van der Waals surface area contributed by atoms with Crippen LogP contribution in [0.15, 0.2) is 0 Å². The van der Waals surface area contributed by atoms with Crippen molar-refractivity contribution in [3.8, 4) is 0 Å². The van der Waals surface area contributed by atoms with E-state index in [9.17, 15) is 43.2 Å². The number of carbonyl (C=O) groups is 4. The number of hydrogen-bond donors (Lipinski definition) is 3. The topological polar surface area (TPSA) is 237 Å². The fraction of sp³-hybridized carbons (Fsp3) is 0.953. The Morgan fingerprint density at radius 2 is 0.462 bits per heavy atom. The monoisotopic (exact) mass is 1520 g/mol. The highest BCUT2D eigenvalue weighted by atomic mass is 31.2. The van der Waals surface area contributed by atoms with E-state index in [1.54, 1.807) is 0 Å². The van der Waals surface area contributed by atoms with Crippen molar-refractivity contribution >= 4 is 39.5 Å². The lowest BCUT2D eigenvalue weighted by Gasteiger charge is -2.21. The molecule has 0 aliphatic carbocycles. The lowest BCUT2D eigenvalue weighted by molar-refractivity contribution is -0.161. The molecule has 0 amide bonds. The average molecular weight is 1520 g/mol. The normalized spacial score (nSPS) is 14.2. The van der Waals surface area contributed by atoms with Crippen LogP contribution in [0, 0.1) is 23.7 Å². The Bertz CT molecular complexity index is 2030. The van der Waals surface area contributed by atoms with Crippen LogP contribution in [0.2, 0.25) is 0 Å². The van der Waals surface area contributed by atoms with Gasteiger partial charge in [-0.15, -0.1) is 0 Å². The van der Waals surface area contributed by atoms with Crippen LogP contribution in [0.25, 0.3) is 0 Å². The van der Waals surface area contributed by atoms with Crippen LogP contribution in [0.3, 0.4) is 0 Å². The van der Waals surface area contributed by atoms with Gasteiger partial charge in [-0.3, -0.25) is 37.3 Å². The number of rotatable bonds is 82. The van der Waals surface area contributed by atoms with Crippen molar-refractivity contribution in [2.24, 2.45) is 23.7 Å². The lowest BCUT2D eigenvalue weighted by atomic mass is 9.99. The van der Waals surface area contributed by atoms with Gasteiger partial charge in [0.2, 0.25) is 0 Å². The summed E-state index contributed by atoms with van der Waals surface area (Å²) in [6, 6.07) is 0. The Kier molecular flexibility index (Phi) is 72.5. The minimum Gasteiger partial charge on any atom is -0.462 e. The molecule has 0 saturated carbocycles. The SMILES string of the molecule is CCC(C)CCCCCCCCCCCCCCCCC(=O)O[C@H](COC(=O)CCCCCCCCC(C)C)COP(=O)(O)OC[C@H](O)COP(=O)(O)OC[C@@H](COC(=O)CCCCCCCCCCCCCCCC(C)C)OC(=O)CCCCCCCCCCCCCCCCCCCCC(C)C. The van der Waals surface area contributed by atoms with Gasteiger partial charge in [0.05, 0.1) is 26.4 Å². The molecule has 0 aliphatic heterocycles. The number of aliphatic hydroxyl groups excluding tert-OH is 1. The maximum absolute atomic E-state index is 13.1. The van der Waals surface area contributed by atoms with Crippen LogP contribution < -0.4 is 0 Å². The Labute approximate surface area is 638 Å². The molecule has 0 aliphatic rings. The minimum atomic E-state index is -4.97. The number of phosphoric acid groups is 2. The molecule has 104 heavy (non-hydrogen) atoms. The summed E-state index contributed by atoms with van der Waals surface area (Å²) in [5, 5.41) is 10.7. The molecule has 0 bridgehead atoms. The molecule has 17 nitrogen and oxygen atoms in total. The molecule has 0 radical (unpaired) electrons. The molecule has 0 spiro atoms. The molecular formula is C85H166O17P2. The second-order valence-corrected chi connectivity index (χ2v) is 35.2. The third-order valence-electron chi connectivity index (χ3n) is 20.2. The van der Waals surface area contributed by atoms with Gasteiger partial charge in [0.25, 0.3) is 0 Å². The third-order valence-corrected chi connectivity index (χ3v) is 22.1. The molecular weight excluding hydrogens is 1350 g/mol.